The van der Waals surface area contributed by atoms with Crippen molar-refractivity contribution in [1.82, 2.24) is 10.3 Å². The van der Waals surface area contributed by atoms with Crippen LogP contribution in [0.25, 0.3) is 0 Å². The smallest absolute Gasteiger partial charge is 0.294 e. The van der Waals surface area contributed by atoms with Gasteiger partial charge in [-0.2, -0.15) is 0 Å². The van der Waals surface area contributed by atoms with Crippen LogP contribution >= 0.6 is 0 Å². The molecule has 194 valence electrons. The summed E-state index contributed by atoms with van der Waals surface area (Å²) in [5.74, 6) is -0.786. The van der Waals surface area contributed by atoms with E-state index >= 15 is 0 Å². The van der Waals surface area contributed by atoms with E-state index in [2.05, 4.69) is 31.1 Å². The Hall–Kier alpha value is -4.23. The maximum absolute atomic E-state index is 14.1. The molecule has 5 rings (SSSR count). The van der Waals surface area contributed by atoms with E-state index in [0.717, 1.165) is 16.7 Å². The minimum atomic E-state index is -1.07. The first-order valence-electron chi connectivity index (χ1n) is 12.7. The lowest BCUT2D eigenvalue weighted by Gasteiger charge is -2.32. The van der Waals surface area contributed by atoms with E-state index in [1.54, 1.807) is 36.7 Å². The third-order valence-electron chi connectivity index (χ3n) is 6.97. The predicted molar refractivity (Wildman–Crippen MR) is 145 cm³/mol. The van der Waals surface area contributed by atoms with E-state index in [1.807, 2.05) is 48.5 Å². The Morgan fingerprint density at radius 1 is 1.03 bits per heavy atom. The number of carbonyl (C=O) groups is 2. The Kier molecular flexibility index (Phi) is 6.87. The van der Waals surface area contributed by atoms with Gasteiger partial charge in [-0.15, -0.1) is 0 Å². The third-order valence-corrected chi connectivity index (χ3v) is 6.97. The standard InChI is InChI=1S/C31H31N3O4/c1-31(2,3)22-12-14-23(15-13-22)34(30(37)26-11-7-17-38-26)28(21-9-6-16-32-19-21)29(36)33-27-24-10-5-4-8-20(24)18-25(27)35/h4-17,19,25,27-28,35H,18H2,1-3H3,(H,33,36)/t25-,27+,28?/m0/s1. The zero-order chi connectivity index (χ0) is 26.9. The number of aliphatic hydroxyl groups excluding tert-OH is 1. The molecule has 3 atom stereocenters. The molecule has 1 aliphatic rings. The molecule has 0 saturated heterocycles. The van der Waals surface area contributed by atoms with Gasteiger partial charge in [0, 0.05) is 30.1 Å². The molecule has 2 amide bonds. The van der Waals surface area contributed by atoms with Crippen molar-refractivity contribution in [1.29, 1.82) is 0 Å². The fourth-order valence-corrected chi connectivity index (χ4v) is 4.96. The molecule has 1 unspecified atom stereocenters. The molecular weight excluding hydrogens is 478 g/mol. The molecule has 2 aromatic carbocycles. The Balaban J connectivity index is 1.59. The molecule has 0 fully saturated rings. The summed E-state index contributed by atoms with van der Waals surface area (Å²) in [5, 5.41) is 13.8. The highest BCUT2D eigenvalue weighted by atomic mass is 16.3. The van der Waals surface area contributed by atoms with Gasteiger partial charge in [-0.25, -0.2) is 0 Å². The maximum Gasteiger partial charge on any atom is 0.294 e. The van der Waals surface area contributed by atoms with Gasteiger partial charge in [-0.3, -0.25) is 19.5 Å². The zero-order valence-corrected chi connectivity index (χ0v) is 21.7. The number of carbonyl (C=O) groups excluding carboxylic acids is 2. The van der Waals surface area contributed by atoms with Crippen LogP contribution in [0.15, 0.2) is 95.9 Å². The van der Waals surface area contributed by atoms with Crippen LogP contribution in [-0.2, 0) is 16.6 Å². The molecule has 0 bridgehead atoms. The minimum Gasteiger partial charge on any atom is -0.459 e. The van der Waals surface area contributed by atoms with Gasteiger partial charge < -0.3 is 14.8 Å². The number of hydrogen-bond donors (Lipinski definition) is 2. The second-order valence-electron chi connectivity index (χ2n) is 10.6. The first-order valence-corrected chi connectivity index (χ1v) is 12.7. The van der Waals surface area contributed by atoms with Crippen LogP contribution in [0.3, 0.4) is 0 Å². The van der Waals surface area contributed by atoms with Crippen LogP contribution in [-0.4, -0.2) is 28.0 Å². The number of fused-ring (bicyclic) bond motifs is 1. The second kappa shape index (κ2) is 10.3. The first-order chi connectivity index (χ1) is 18.2. The molecule has 0 spiro atoms. The lowest BCUT2D eigenvalue weighted by Crippen LogP contribution is -2.46. The fourth-order valence-electron chi connectivity index (χ4n) is 4.96. The number of furan rings is 1. The summed E-state index contributed by atoms with van der Waals surface area (Å²) in [4.78, 5) is 33.6. The summed E-state index contributed by atoms with van der Waals surface area (Å²) in [5.41, 5.74) is 3.95. The summed E-state index contributed by atoms with van der Waals surface area (Å²) in [6.07, 6.45) is 4.30. The number of pyridine rings is 1. The average Bonchev–Trinajstić information content (AvgIpc) is 3.55. The SMILES string of the molecule is CC(C)(C)c1ccc(N(C(=O)c2ccco2)C(C(=O)N[C@@H]2c3ccccc3C[C@@H]2O)c2cccnc2)cc1. The number of amides is 2. The molecule has 0 saturated carbocycles. The number of aromatic nitrogens is 1. The normalized spacial score (nSPS) is 17.5. The molecule has 7 nitrogen and oxygen atoms in total. The Morgan fingerprint density at radius 2 is 1.79 bits per heavy atom. The quantitative estimate of drug-likeness (QED) is 0.376. The van der Waals surface area contributed by atoms with Crippen molar-refractivity contribution in [3.05, 3.63) is 119 Å². The average molecular weight is 510 g/mol. The van der Waals surface area contributed by atoms with Gasteiger partial charge in [-0.05, 0) is 52.4 Å². The number of benzene rings is 2. The van der Waals surface area contributed by atoms with Crippen molar-refractivity contribution in [3.63, 3.8) is 0 Å². The highest BCUT2D eigenvalue weighted by Crippen LogP contribution is 2.35. The molecular formula is C31H31N3O4. The van der Waals surface area contributed by atoms with E-state index in [1.165, 1.54) is 11.2 Å². The van der Waals surface area contributed by atoms with E-state index in [9.17, 15) is 14.7 Å². The Labute approximate surface area is 222 Å². The second-order valence-corrected chi connectivity index (χ2v) is 10.6. The Bertz CT molecular complexity index is 1410. The van der Waals surface area contributed by atoms with Crippen LogP contribution in [0.4, 0.5) is 5.69 Å². The number of hydrogen-bond acceptors (Lipinski definition) is 5. The number of anilines is 1. The summed E-state index contributed by atoms with van der Waals surface area (Å²) in [6.45, 7) is 6.35. The summed E-state index contributed by atoms with van der Waals surface area (Å²) >= 11 is 0. The lowest BCUT2D eigenvalue weighted by atomic mass is 9.87. The highest BCUT2D eigenvalue weighted by Gasteiger charge is 2.39. The van der Waals surface area contributed by atoms with Gasteiger partial charge in [-0.1, -0.05) is 63.2 Å². The highest BCUT2D eigenvalue weighted by molar-refractivity contribution is 6.08. The minimum absolute atomic E-state index is 0.0828. The number of rotatable bonds is 6. The van der Waals surface area contributed by atoms with Crippen molar-refractivity contribution < 1.29 is 19.1 Å². The van der Waals surface area contributed by atoms with Crippen LogP contribution in [0, 0.1) is 0 Å². The number of nitrogens with zero attached hydrogens (tertiary/aromatic N) is 2. The molecule has 2 aromatic heterocycles. The zero-order valence-electron chi connectivity index (χ0n) is 21.7. The van der Waals surface area contributed by atoms with Crippen LogP contribution in [0.2, 0.25) is 0 Å². The van der Waals surface area contributed by atoms with Gasteiger partial charge in [0.2, 0.25) is 5.91 Å². The molecule has 2 heterocycles. The maximum atomic E-state index is 14.1. The van der Waals surface area contributed by atoms with Gasteiger partial charge in [0.05, 0.1) is 18.4 Å². The van der Waals surface area contributed by atoms with E-state index in [0.29, 0.717) is 17.7 Å². The van der Waals surface area contributed by atoms with Crippen molar-refractivity contribution in [3.8, 4) is 0 Å². The fraction of sp³-hybridized carbons (Fsp3) is 0.258. The monoisotopic (exact) mass is 509 g/mol. The summed E-state index contributed by atoms with van der Waals surface area (Å²) in [7, 11) is 0. The molecule has 0 aliphatic heterocycles. The van der Waals surface area contributed by atoms with Gasteiger partial charge in [0.1, 0.15) is 6.04 Å². The summed E-state index contributed by atoms with van der Waals surface area (Å²) in [6, 6.07) is 20.3. The summed E-state index contributed by atoms with van der Waals surface area (Å²) < 4.78 is 5.46. The van der Waals surface area contributed by atoms with E-state index in [4.69, 9.17) is 4.42 Å². The van der Waals surface area contributed by atoms with Crippen molar-refractivity contribution in [2.45, 2.75) is 50.8 Å². The van der Waals surface area contributed by atoms with Crippen molar-refractivity contribution >= 4 is 17.5 Å². The van der Waals surface area contributed by atoms with Gasteiger partial charge in [0.25, 0.3) is 5.91 Å². The molecule has 4 aromatic rings. The molecule has 1 aliphatic carbocycles. The lowest BCUT2D eigenvalue weighted by molar-refractivity contribution is -0.124. The molecule has 2 N–H and O–H groups in total. The Morgan fingerprint density at radius 3 is 2.45 bits per heavy atom. The topological polar surface area (TPSA) is 95.7 Å². The number of aliphatic hydroxyl groups is 1. The number of nitrogens with one attached hydrogen (secondary N) is 1. The largest absolute Gasteiger partial charge is 0.459 e. The van der Waals surface area contributed by atoms with Crippen LogP contribution in [0.1, 0.15) is 65.7 Å². The van der Waals surface area contributed by atoms with E-state index < -0.39 is 30.0 Å². The van der Waals surface area contributed by atoms with E-state index in [-0.39, 0.29) is 11.2 Å². The third kappa shape index (κ3) is 4.97. The van der Waals surface area contributed by atoms with Gasteiger partial charge in [0.15, 0.2) is 5.76 Å². The van der Waals surface area contributed by atoms with Crippen molar-refractivity contribution in [2.24, 2.45) is 0 Å². The van der Waals surface area contributed by atoms with Crippen LogP contribution < -0.4 is 10.2 Å². The predicted octanol–water partition coefficient (Wildman–Crippen LogP) is 5.13. The van der Waals surface area contributed by atoms with Crippen LogP contribution in [0.5, 0.6) is 0 Å². The molecule has 0 radical (unpaired) electrons. The first kappa shape index (κ1) is 25.4. The van der Waals surface area contributed by atoms with Gasteiger partial charge >= 0.3 is 0 Å². The molecule has 7 heteroatoms. The van der Waals surface area contributed by atoms with Crippen molar-refractivity contribution in [2.75, 3.05) is 4.90 Å². The molecule has 38 heavy (non-hydrogen) atoms.